The van der Waals surface area contributed by atoms with E-state index >= 15 is 0 Å². The number of alkyl halides is 1. The van der Waals surface area contributed by atoms with E-state index in [9.17, 15) is 4.39 Å². The molecule has 1 aliphatic carbocycles. The van der Waals surface area contributed by atoms with Crippen molar-refractivity contribution in [2.24, 2.45) is 5.92 Å². The van der Waals surface area contributed by atoms with Crippen molar-refractivity contribution in [1.82, 2.24) is 4.90 Å². The molecule has 2 aliphatic rings. The molecule has 1 saturated carbocycles. The number of rotatable bonds is 3. The fourth-order valence-corrected chi connectivity index (χ4v) is 3.14. The van der Waals surface area contributed by atoms with Crippen LogP contribution < -0.4 is 0 Å². The summed E-state index contributed by atoms with van der Waals surface area (Å²) in [6, 6.07) is 6.91. The topological polar surface area (TPSA) is 3.24 Å². The predicted molar refractivity (Wildman–Crippen MR) is 77.1 cm³/mol. The summed E-state index contributed by atoms with van der Waals surface area (Å²) in [5.41, 5.74) is 3.47. The maximum absolute atomic E-state index is 13.7. The maximum Gasteiger partial charge on any atom is 0.112 e. The summed E-state index contributed by atoms with van der Waals surface area (Å²) in [7, 11) is 0. The van der Waals surface area contributed by atoms with Gasteiger partial charge in [-0.15, -0.1) is 0 Å². The monoisotopic (exact) mass is 261 g/mol. The SMILES string of the molecule is CC(C)c1ccc2c(c1)CN(CC1CC1(C)F)CC2. The average Bonchev–Trinajstić information content (AvgIpc) is 2.95. The van der Waals surface area contributed by atoms with Crippen LogP contribution in [0, 0.1) is 5.92 Å². The van der Waals surface area contributed by atoms with Crippen LogP contribution in [0.2, 0.25) is 0 Å². The van der Waals surface area contributed by atoms with Crippen LogP contribution >= 0.6 is 0 Å². The lowest BCUT2D eigenvalue weighted by Crippen LogP contribution is -2.33. The standard InChI is InChI=1S/C17H24FN/c1-12(2)14-5-4-13-6-7-19(10-15(13)8-14)11-16-9-17(16,3)18/h4-5,8,12,16H,6-7,9-11H2,1-3H3. The Bertz CT molecular complexity index is 478. The van der Waals surface area contributed by atoms with Crippen molar-refractivity contribution in [3.8, 4) is 0 Å². The highest BCUT2D eigenvalue weighted by Gasteiger charge is 2.51. The molecule has 2 atom stereocenters. The molecule has 19 heavy (non-hydrogen) atoms. The van der Waals surface area contributed by atoms with Crippen molar-refractivity contribution in [2.75, 3.05) is 13.1 Å². The lowest BCUT2D eigenvalue weighted by Gasteiger charge is -2.29. The fraction of sp³-hybridized carbons (Fsp3) is 0.647. The molecule has 104 valence electrons. The molecule has 1 aliphatic heterocycles. The molecule has 0 radical (unpaired) electrons. The largest absolute Gasteiger partial charge is 0.298 e. The number of halogens is 1. The molecule has 0 saturated heterocycles. The van der Waals surface area contributed by atoms with E-state index in [-0.39, 0.29) is 5.92 Å². The first kappa shape index (κ1) is 13.1. The zero-order valence-electron chi connectivity index (χ0n) is 12.2. The Hall–Kier alpha value is -0.890. The Balaban J connectivity index is 1.70. The second-order valence-corrected chi connectivity index (χ2v) is 6.85. The van der Waals surface area contributed by atoms with Gasteiger partial charge in [0.05, 0.1) is 0 Å². The van der Waals surface area contributed by atoms with E-state index in [0.29, 0.717) is 5.92 Å². The number of hydrogen-bond acceptors (Lipinski definition) is 1. The molecule has 0 spiro atoms. The van der Waals surface area contributed by atoms with E-state index in [0.717, 1.165) is 32.5 Å². The van der Waals surface area contributed by atoms with E-state index < -0.39 is 5.67 Å². The molecule has 1 aromatic rings. The van der Waals surface area contributed by atoms with Gasteiger partial charge in [0.25, 0.3) is 0 Å². The van der Waals surface area contributed by atoms with Crippen LogP contribution in [0.3, 0.4) is 0 Å². The molecule has 1 fully saturated rings. The molecule has 0 amide bonds. The van der Waals surface area contributed by atoms with Gasteiger partial charge in [-0.3, -0.25) is 4.90 Å². The average molecular weight is 261 g/mol. The van der Waals surface area contributed by atoms with E-state index in [2.05, 4.69) is 36.9 Å². The van der Waals surface area contributed by atoms with Gasteiger partial charge >= 0.3 is 0 Å². The Morgan fingerprint density at radius 1 is 1.37 bits per heavy atom. The minimum atomic E-state index is -0.889. The first-order valence-electron chi connectivity index (χ1n) is 7.48. The normalized spacial score (nSPS) is 30.5. The van der Waals surface area contributed by atoms with Crippen LogP contribution in [-0.2, 0) is 13.0 Å². The third kappa shape index (κ3) is 2.69. The molecule has 1 nitrogen and oxygen atoms in total. The van der Waals surface area contributed by atoms with Crippen LogP contribution in [0.25, 0.3) is 0 Å². The van der Waals surface area contributed by atoms with E-state index in [4.69, 9.17) is 0 Å². The summed E-state index contributed by atoms with van der Waals surface area (Å²) in [4.78, 5) is 2.43. The van der Waals surface area contributed by atoms with Gasteiger partial charge in [0.2, 0.25) is 0 Å². The van der Waals surface area contributed by atoms with Crippen molar-refractivity contribution in [2.45, 2.75) is 51.7 Å². The molecule has 2 heteroatoms. The molecule has 3 rings (SSSR count). The van der Waals surface area contributed by atoms with Crippen LogP contribution in [0.4, 0.5) is 4.39 Å². The van der Waals surface area contributed by atoms with Crippen LogP contribution in [0.15, 0.2) is 18.2 Å². The van der Waals surface area contributed by atoms with Crippen molar-refractivity contribution >= 4 is 0 Å². The highest BCUT2D eigenvalue weighted by molar-refractivity contribution is 5.35. The van der Waals surface area contributed by atoms with Crippen molar-refractivity contribution in [3.63, 3.8) is 0 Å². The van der Waals surface area contributed by atoms with Crippen LogP contribution in [0.5, 0.6) is 0 Å². The molecule has 1 aromatic carbocycles. The molecule has 0 bridgehead atoms. The summed E-state index contributed by atoms with van der Waals surface area (Å²) in [5, 5.41) is 0. The number of hydrogen-bond donors (Lipinski definition) is 0. The molecular formula is C17H24FN. The Morgan fingerprint density at radius 3 is 2.74 bits per heavy atom. The number of nitrogens with zero attached hydrogens (tertiary/aromatic N) is 1. The van der Waals surface area contributed by atoms with Gasteiger partial charge in [0.1, 0.15) is 5.67 Å². The predicted octanol–water partition coefficient (Wildman–Crippen LogP) is 3.92. The van der Waals surface area contributed by atoms with Gasteiger partial charge in [0, 0.05) is 25.6 Å². The third-order valence-electron chi connectivity index (χ3n) is 4.80. The van der Waals surface area contributed by atoms with Gasteiger partial charge in [-0.2, -0.15) is 0 Å². The van der Waals surface area contributed by atoms with Gasteiger partial charge in [0.15, 0.2) is 0 Å². The van der Waals surface area contributed by atoms with Crippen molar-refractivity contribution < 1.29 is 4.39 Å². The lowest BCUT2D eigenvalue weighted by molar-refractivity contribution is 0.212. The van der Waals surface area contributed by atoms with E-state index in [1.807, 2.05) is 0 Å². The summed E-state index contributed by atoms with van der Waals surface area (Å²) < 4.78 is 13.7. The highest BCUT2D eigenvalue weighted by Crippen LogP contribution is 2.47. The van der Waals surface area contributed by atoms with E-state index in [1.165, 1.54) is 16.7 Å². The number of fused-ring (bicyclic) bond motifs is 1. The Labute approximate surface area is 115 Å². The molecule has 0 aromatic heterocycles. The molecule has 0 N–H and O–H groups in total. The molecular weight excluding hydrogens is 237 g/mol. The van der Waals surface area contributed by atoms with Gasteiger partial charge in [-0.25, -0.2) is 4.39 Å². The van der Waals surface area contributed by atoms with Crippen molar-refractivity contribution in [3.05, 3.63) is 34.9 Å². The van der Waals surface area contributed by atoms with Crippen LogP contribution in [-0.4, -0.2) is 23.7 Å². The van der Waals surface area contributed by atoms with Crippen LogP contribution in [0.1, 0.15) is 49.8 Å². The summed E-state index contributed by atoms with van der Waals surface area (Å²) >= 11 is 0. The summed E-state index contributed by atoms with van der Waals surface area (Å²) in [6.07, 6.45) is 1.87. The zero-order chi connectivity index (χ0) is 13.6. The fourth-order valence-electron chi connectivity index (χ4n) is 3.14. The van der Waals surface area contributed by atoms with Crippen molar-refractivity contribution in [1.29, 1.82) is 0 Å². The molecule has 2 unspecified atom stereocenters. The van der Waals surface area contributed by atoms with Gasteiger partial charge in [-0.05, 0) is 42.4 Å². The Kier molecular flexibility index (Phi) is 3.17. The Morgan fingerprint density at radius 2 is 2.11 bits per heavy atom. The second-order valence-electron chi connectivity index (χ2n) is 6.85. The van der Waals surface area contributed by atoms with Gasteiger partial charge < -0.3 is 0 Å². The first-order valence-corrected chi connectivity index (χ1v) is 7.48. The molecule has 1 heterocycles. The van der Waals surface area contributed by atoms with E-state index in [1.54, 1.807) is 6.92 Å². The lowest BCUT2D eigenvalue weighted by atomic mass is 9.93. The highest BCUT2D eigenvalue weighted by atomic mass is 19.1. The smallest absolute Gasteiger partial charge is 0.112 e. The quantitative estimate of drug-likeness (QED) is 0.797. The second kappa shape index (κ2) is 4.59. The summed E-state index contributed by atoms with van der Waals surface area (Å²) in [6.45, 7) is 9.23. The first-order chi connectivity index (χ1) is 8.95. The minimum absolute atomic E-state index is 0.266. The van der Waals surface area contributed by atoms with Gasteiger partial charge in [-0.1, -0.05) is 32.0 Å². The zero-order valence-corrected chi connectivity index (χ0v) is 12.2. The summed E-state index contributed by atoms with van der Waals surface area (Å²) in [5.74, 6) is 0.848. The third-order valence-corrected chi connectivity index (χ3v) is 4.80. The number of benzene rings is 1. The maximum atomic E-state index is 13.7. The minimum Gasteiger partial charge on any atom is -0.298 e.